The lowest BCUT2D eigenvalue weighted by Crippen LogP contribution is -2.48. The highest BCUT2D eigenvalue weighted by atomic mass is 16.5. The van der Waals surface area contributed by atoms with Gasteiger partial charge in [0.2, 0.25) is 5.91 Å². The van der Waals surface area contributed by atoms with Gasteiger partial charge in [0.1, 0.15) is 11.3 Å². The highest BCUT2D eigenvalue weighted by Gasteiger charge is 2.20. The van der Waals surface area contributed by atoms with Crippen LogP contribution in [0.3, 0.4) is 0 Å². The summed E-state index contributed by atoms with van der Waals surface area (Å²) in [6.45, 7) is 3.54. The molecular weight excluding hydrogens is 368 g/mol. The van der Waals surface area contributed by atoms with E-state index in [4.69, 9.17) is 9.15 Å². The third-order valence-electron chi connectivity index (χ3n) is 5.16. The van der Waals surface area contributed by atoms with E-state index in [9.17, 15) is 9.59 Å². The van der Waals surface area contributed by atoms with Gasteiger partial charge in [0.15, 0.2) is 0 Å². The second-order valence-corrected chi connectivity index (χ2v) is 7.08. The summed E-state index contributed by atoms with van der Waals surface area (Å²) in [6.07, 6.45) is 1.04. The SMILES string of the molecule is O=C(CCCOc1cc(=O)oc2ccccc12)N1CCN(c2ccccc2)CC1. The molecule has 1 aliphatic rings. The zero-order valence-electron chi connectivity index (χ0n) is 16.3. The number of hydrogen-bond donors (Lipinski definition) is 0. The molecule has 1 fully saturated rings. The van der Waals surface area contributed by atoms with Crippen LogP contribution in [0.1, 0.15) is 12.8 Å². The summed E-state index contributed by atoms with van der Waals surface area (Å²) in [6, 6.07) is 18.9. The van der Waals surface area contributed by atoms with Crippen molar-refractivity contribution < 1.29 is 13.9 Å². The number of hydrogen-bond acceptors (Lipinski definition) is 5. The molecule has 0 bridgehead atoms. The fourth-order valence-corrected chi connectivity index (χ4v) is 3.62. The first kappa shape index (κ1) is 19.1. The number of ether oxygens (including phenoxy) is 1. The largest absolute Gasteiger partial charge is 0.493 e. The molecule has 1 saturated heterocycles. The normalized spacial score (nSPS) is 14.2. The standard InChI is InChI=1S/C23H24N2O4/c26-22(25-14-12-24(13-15-25)18-7-2-1-3-8-18)11-6-16-28-21-17-23(27)29-20-10-5-4-9-19(20)21/h1-5,7-10,17H,6,11-16H2. The molecule has 1 amide bonds. The average molecular weight is 392 g/mol. The average Bonchev–Trinajstić information content (AvgIpc) is 2.77. The maximum absolute atomic E-state index is 12.5. The summed E-state index contributed by atoms with van der Waals surface area (Å²) in [5.74, 6) is 0.652. The van der Waals surface area contributed by atoms with Gasteiger partial charge in [-0.15, -0.1) is 0 Å². The van der Waals surface area contributed by atoms with Gasteiger partial charge in [-0.05, 0) is 30.7 Å². The van der Waals surface area contributed by atoms with Crippen molar-refractivity contribution in [3.63, 3.8) is 0 Å². The second-order valence-electron chi connectivity index (χ2n) is 7.08. The van der Waals surface area contributed by atoms with Crippen LogP contribution < -0.4 is 15.3 Å². The number of benzene rings is 2. The van der Waals surface area contributed by atoms with Crippen molar-refractivity contribution in [2.24, 2.45) is 0 Å². The zero-order chi connectivity index (χ0) is 20.1. The number of nitrogens with zero attached hydrogens (tertiary/aromatic N) is 2. The van der Waals surface area contributed by atoms with Gasteiger partial charge < -0.3 is 19.0 Å². The molecule has 3 aromatic rings. The van der Waals surface area contributed by atoms with Gasteiger partial charge in [0, 0.05) is 38.3 Å². The maximum atomic E-state index is 12.5. The fraction of sp³-hybridized carbons (Fsp3) is 0.304. The van der Waals surface area contributed by atoms with Crippen LogP contribution in [0, 0.1) is 0 Å². The number of carbonyl (C=O) groups is 1. The number of fused-ring (bicyclic) bond motifs is 1. The third kappa shape index (κ3) is 4.59. The molecule has 0 spiro atoms. The van der Waals surface area contributed by atoms with Crippen LogP contribution >= 0.6 is 0 Å². The molecule has 0 N–H and O–H groups in total. The molecule has 0 saturated carbocycles. The van der Waals surface area contributed by atoms with Crippen molar-refractivity contribution in [1.29, 1.82) is 0 Å². The van der Waals surface area contributed by atoms with Crippen LogP contribution in [0.15, 0.2) is 69.9 Å². The van der Waals surface area contributed by atoms with Gasteiger partial charge in [-0.3, -0.25) is 4.79 Å². The Morgan fingerprint density at radius 1 is 0.966 bits per heavy atom. The van der Waals surface area contributed by atoms with Gasteiger partial charge in [0.05, 0.1) is 18.1 Å². The smallest absolute Gasteiger partial charge is 0.339 e. The lowest BCUT2D eigenvalue weighted by molar-refractivity contribution is -0.131. The van der Waals surface area contributed by atoms with E-state index in [2.05, 4.69) is 17.0 Å². The molecule has 150 valence electrons. The lowest BCUT2D eigenvalue weighted by Gasteiger charge is -2.36. The van der Waals surface area contributed by atoms with E-state index < -0.39 is 5.63 Å². The van der Waals surface area contributed by atoms with Crippen molar-refractivity contribution >= 4 is 22.6 Å². The minimum absolute atomic E-state index is 0.152. The van der Waals surface area contributed by atoms with Crippen LogP contribution in [0.5, 0.6) is 5.75 Å². The summed E-state index contributed by atoms with van der Waals surface area (Å²) < 4.78 is 10.9. The molecule has 6 nitrogen and oxygen atoms in total. The molecule has 0 atom stereocenters. The molecule has 0 aliphatic carbocycles. The quantitative estimate of drug-likeness (QED) is 0.476. The first-order chi connectivity index (χ1) is 14.2. The van der Waals surface area contributed by atoms with E-state index in [1.807, 2.05) is 41.3 Å². The molecule has 4 rings (SSSR count). The Labute approximate surface area is 169 Å². The summed E-state index contributed by atoms with van der Waals surface area (Å²) in [4.78, 5) is 28.4. The Balaban J connectivity index is 1.25. The molecule has 0 radical (unpaired) electrons. The molecule has 0 unspecified atom stereocenters. The summed E-state index contributed by atoms with van der Waals surface area (Å²) in [5.41, 5.74) is 1.26. The van der Waals surface area contributed by atoms with Crippen molar-refractivity contribution in [3.05, 3.63) is 71.1 Å². The zero-order valence-corrected chi connectivity index (χ0v) is 16.3. The molecule has 2 heterocycles. The van der Waals surface area contributed by atoms with Gasteiger partial charge in [0.25, 0.3) is 0 Å². The number of amides is 1. The molecule has 6 heteroatoms. The van der Waals surface area contributed by atoms with E-state index in [1.165, 1.54) is 11.8 Å². The highest BCUT2D eigenvalue weighted by Crippen LogP contribution is 2.23. The predicted octanol–water partition coefficient (Wildman–Crippen LogP) is 3.30. The Morgan fingerprint density at radius 2 is 1.69 bits per heavy atom. The van der Waals surface area contributed by atoms with Crippen LogP contribution in [0.4, 0.5) is 5.69 Å². The van der Waals surface area contributed by atoms with E-state index in [0.29, 0.717) is 30.8 Å². The Kier molecular flexibility index (Phi) is 5.79. The third-order valence-corrected chi connectivity index (χ3v) is 5.16. The number of para-hydroxylation sites is 2. The molecule has 2 aromatic carbocycles. The molecule has 1 aliphatic heterocycles. The number of anilines is 1. The van der Waals surface area contributed by atoms with E-state index >= 15 is 0 Å². The lowest BCUT2D eigenvalue weighted by atomic mass is 10.2. The molecule has 1 aromatic heterocycles. The van der Waals surface area contributed by atoms with Gasteiger partial charge in [-0.25, -0.2) is 4.79 Å². The number of carbonyl (C=O) groups excluding carboxylic acids is 1. The van der Waals surface area contributed by atoms with Gasteiger partial charge in [-0.2, -0.15) is 0 Å². The first-order valence-electron chi connectivity index (χ1n) is 9.94. The highest BCUT2D eigenvalue weighted by molar-refractivity contribution is 5.82. The minimum Gasteiger partial charge on any atom is -0.493 e. The summed E-state index contributed by atoms with van der Waals surface area (Å²) in [5, 5.41) is 0.760. The van der Waals surface area contributed by atoms with Crippen LogP contribution in [0.25, 0.3) is 11.0 Å². The number of piperazine rings is 1. The fourth-order valence-electron chi connectivity index (χ4n) is 3.62. The predicted molar refractivity (Wildman–Crippen MR) is 112 cm³/mol. The summed E-state index contributed by atoms with van der Waals surface area (Å²) in [7, 11) is 0. The van der Waals surface area contributed by atoms with Crippen molar-refractivity contribution in [1.82, 2.24) is 4.90 Å². The Bertz CT molecular complexity index is 1020. The molecular formula is C23H24N2O4. The van der Waals surface area contributed by atoms with E-state index in [1.54, 1.807) is 6.07 Å². The minimum atomic E-state index is -0.439. The Morgan fingerprint density at radius 3 is 2.48 bits per heavy atom. The van der Waals surface area contributed by atoms with Gasteiger partial charge >= 0.3 is 5.63 Å². The van der Waals surface area contributed by atoms with Gasteiger partial charge in [-0.1, -0.05) is 30.3 Å². The monoisotopic (exact) mass is 392 g/mol. The van der Waals surface area contributed by atoms with Crippen LogP contribution in [-0.2, 0) is 4.79 Å². The maximum Gasteiger partial charge on any atom is 0.339 e. The van der Waals surface area contributed by atoms with Crippen LogP contribution in [0.2, 0.25) is 0 Å². The summed E-state index contributed by atoms with van der Waals surface area (Å²) >= 11 is 0. The number of rotatable bonds is 6. The van der Waals surface area contributed by atoms with E-state index in [-0.39, 0.29) is 5.91 Å². The van der Waals surface area contributed by atoms with Crippen LogP contribution in [-0.4, -0.2) is 43.6 Å². The topological polar surface area (TPSA) is 63.0 Å². The van der Waals surface area contributed by atoms with Crippen molar-refractivity contribution in [3.8, 4) is 5.75 Å². The molecule has 29 heavy (non-hydrogen) atoms. The first-order valence-corrected chi connectivity index (χ1v) is 9.94. The van der Waals surface area contributed by atoms with Crippen molar-refractivity contribution in [2.45, 2.75) is 12.8 Å². The second kappa shape index (κ2) is 8.82. The van der Waals surface area contributed by atoms with Crippen molar-refractivity contribution in [2.75, 3.05) is 37.7 Å². The van der Waals surface area contributed by atoms with E-state index in [0.717, 1.165) is 31.6 Å². The Hall–Kier alpha value is -3.28.